The Bertz CT molecular complexity index is 1020. The van der Waals surface area contributed by atoms with Crippen LogP contribution in [0.2, 0.25) is 0 Å². The number of ether oxygens (including phenoxy) is 2. The average molecular weight is 576 g/mol. The average Bonchev–Trinajstić information content (AvgIpc) is 2.98. The van der Waals surface area contributed by atoms with Crippen molar-refractivity contribution in [3.8, 4) is 0 Å². The third kappa shape index (κ3) is 9.77. The number of rotatable bonds is 20. The van der Waals surface area contributed by atoms with Gasteiger partial charge in [-0.05, 0) is 94.2 Å². The minimum atomic E-state index is -1.80. The minimum Gasteiger partial charge on any atom is -0.353 e. The van der Waals surface area contributed by atoms with Gasteiger partial charge in [0.2, 0.25) is 0 Å². The lowest BCUT2D eigenvalue weighted by molar-refractivity contribution is -0.147. The topological polar surface area (TPSA) is 18.5 Å². The molecule has 0 aliphatic heterocycles. The van der Waals surface area contributed by atoms with Crippen LogP contribution in [0.15, 0.2) is 72.8 Å². The quantitative estimate of drug-likeness (QED) is 0.0759. The Kier molecular flexibility index (Phi) is 15.1. The zero-order chi connectivity index (χ0) is 29.3. The fourth-order valence-electron chi connectivity index (χ4n) is 6.03. The summed E-state index contributed by atoms with van der Waals surface area (Å²) in [6.07, 6.45) is 14.4. The first-order chi connectivity index (χ1) is 20.0. The Labute approximate surface area is 252 Å². The maximum Gasteiger partial charge on any atom is 0.157 e. The number of hydrogen-bond acceptors (Lipinski definition) is 2. The molecule has 0 atom stereocenters. The summed E-state index contributed by atoms with van der Waals surface area (Å²) in [4.78, 5) is 0. The molecule has 0 radical (unpaired) electrons. The van der Waals surface area contributed by atoms with E-state index >= 15 is 0 Å². The standard InChI is InChI=1S/C38H56O2P/c1-6-8-29-39-38(40-30-9-7-2)28-14-12-10-11-13-21-31-41(35-25-18-15-22-32(35)3,36-26-19-16-23-33(36)4)37-27-20-17-24-34(37)5/h15-20,22-27,38H,6-14,21,28-31H2,1-5H3/q+1. The number of benzene rings is 3. The van der Waals surface area contributed by atoms with Gasteiger partial charge in [-0.1, -0.05) is 101 Å². The lowest BCUT2D eigenvalue weighted by atomic mass is 10.1. The van der Waals surface area contributed by atoms with Gasteiger partial charge in [0.1, 0.15) is 23.2 Å². The largest absolute Gasteiger partial charge is 0.353 e. The van der Waals surface area contributed by atoms with Crippen molar-refractivity contribution < 1.29 is 9.47 Å². The smallest absolute Gasteiger partial charge is 0.157 e. The van der Waals surface area contributed by atoms with E-state index in [9.17, 15) is 0 Å². The van der Waals surface area contributed by atoms with Gasteiger partial charge in [-0.2, -0.15) is 0 Å². The summed E-state index contributed by atoms with van der Waals surface area (Å²) in [6.45, 7) is 13.0. The van der Waals surface area contributed by atoms with E-state index in [2.05, 4.69) is 107 Å². The van der Waals surface area contributed by atoms with Crippen LogP contribution in [-0.4, -0.2) is 25.7 Å². The molecule has 0 aliphatic rings. The van der Waals surface area contributed by atoms with Gasteiger partial charge in [-0.3, -0.25) is 0 Å². The molecule has 0 saturated heterocycles. The Morgan fingerprint density at radius 1 is 0.512 bits per heavy atom. The van der Waals surface area contributed by atoms with Crippen molar-refractivity contribution in [3.63, 3.8) is 0 Å². The number of unbranched alkanes of at least 4 members (excludes halogenated alkanes) is 7. The molecule has 3 aromatic rings. The summed E-state index contributed by atoms with van der Waals surface area (Å²) in [5.74, 6) is 0. The zero-order valence-electron chi connectivity index (χ0n) is 26.7. The first-order valence-corrected chi connectivity index (χ1v) is 18.3. The van der Waals surface area contributed by atoms with Gasteiger partial charge in [0.25, 0.3) is 0 Å². The van der Waals surface area contributed by atoms with Gasteiger partial charge in [-0.15, -0.1) is 0 Å². The van der Waals surface area contributed by atoms with E-state index in [1.807, 2.05) is 0 Å². The van der Waals surface area contributed by atoms with Crippen LogP contribution in [0.5, 0.6) is 0 Å². The molecule has 2 nitrogen and oxygen atoms in total. The third-order valence-corrected chi connectivity index (χ3v) is 13.3. The highest BCUT2D eigenvalue weighted by molar-refractivity contribution is 7.96. The highest BCUT2D eigenvalue weighted by Crippen LogP contribution is 2.58. The maximum atomic E-state index is 6.05. The van der Waals surface area contributed by atoms with Gasteiger partial charge in [0.05, 0.1) is 6.16 Å². The normalized spacial score (nSPS) is 11.9. The molecular weight excluding hydrogens is 519 g/mol. The SMILES string of the molecule is CCCCOC(CCCCCCCC[P+](c1ccccc1C)(c1ccccc1C)c1ccccc1C)OCCCC. The molecule has 0 heterocycles. The van der Waals surface area contributed by atoms with E-state index in [1.165, 1.54) is 74.2 Å². The summed E-state index contributed by atoms with van der Waals surface area (Å²) in [6, 6.07) is 27.5. The predicted octanol–water partition coefficient (Wildman–Crippen LogP) is 9.60. The molecule has 0 aliphatic carbocycles. The van der Waals surface area contributed by atoms with E-state index in [0.29, 0.717) is 0 Å². The molecule has 0 aromatic heterocycles. The fraction of sp³-hybridized carbons (Fsp3) is 0.526. The van der Waals surface area contributed by atoms with E-state index in [-0.39, 0.29) is 6.29 Å². The molecule has 0 fully saturated rings. The molecule has 0 bridgehead atoms. The second-order valence-corrected chi connectivity index (χ2v) is 15.2. The summed E-state index contributed by atoms with van der Waals surface area (Å²) >= 11 is 0. The highest BCUT2D eigenvalue weighted by atomic mass is 31.2. The van der Waals surface area contributed by atoms with Crippen molar-refractivity contribution in [2.45, 2.75) is 112 Å². The maximum absolute atomic E-state index is 6.05. The highest BCUT2D eigenvalue weighted by Gasteiger charge is 2.47. The Morgan fingerprint density at radius 2 is 0.902 bits per heavy atom. The van der Waals surface area contributed by atoms with Crippen molar-refractivity contribution in [1.82, 2.24) is 0 Å². The Balaban J connectivity index is 1.66. The molecule has 3 rings (SSSR count). The van der Waals surface area contributed by atoms with Crippen molar-refractivity contribution in [2.24, 2.45) is 0 Å². The van der Waals surface area contributed by atoms with Crippen molar-refractivity contribution in [3.05, 3.63) is 89.5 Å². The second-order valence-electron chi connectivity index (χ2n) is 11.7. The van der Waals surface area contributed by atoms with Crippen LogP contribution in [0, 0.1) is 20.8 Å². The number of aryl methyl sites for hydroxylation is 3. The van der Waals surface area contributed by atoms with Gasteiger partial charge < -0.3 is 9.47 Å². The molecule has 41 heavy (non-hydrogen) atoms. The van der Waals surface area contributed by atoms with Crippen LogP contribution >= 0.6 is 7.26 Å². The number of hydrogen-bond donors (Lipinski definition) is 0. The van der Waals surface area contributed by atoms with Gasteiger partial charge >= 0.3 is 0 Å². The summed E-state index contributed by atoms with van der Waals surface area (Å²) in [5, 5.41) is 4.67. The third-order valence-electron chi connectivity index (χ3n) is 8.37. The lowest BCUT2D eigenvalue weighted by Crippen LogP contribution is -2.37. The molecule has 224 valence electrons. The van der Waals surface area contributed by atoms with Gasteiger partial charge in [0, 0.05) is 13.2 Å². The fourth-order valence-corrected chi connectivity index (χ4v) is 11.3. The molecule has 3 heteroatoms. The Morgan fingerprint density at radius 3 is 1.32 bits per heavy atom. The predicted molar refractivity (Wildman–Crippen MR) is 182 cm³/mol. The van der Waals surface area contributed by atoms with Crippen LogP contribution in [0.25, 0.3) is 0 Å². The molecule has 0 spiro atoms. The molecule has 0 saturated carbocycles. The van der Waals surface area contributed by atoms with E-state index in [1.54, 1.807) is 15.9 Å². The van der Waals surface area contributed by atoms with Crippen LogP contribution in [0.4, 0.5) is 0 Å². The Hall–Kier alpha value is -1.99. The monoisotopic (exact) mass is 575 g/mol. The molecule has 0 unspecified atom stereocenters. The second kappa shape index (κ2) is 18.5. The summed E-state index contributed by atoms with van der Waals surface area (Å²) in [5.41, 5.74) is 4.26. The van der Waals surface area contributed by atoms with Gasteiger partial charge in [-0.25, -0.2) is 0 Å². The lowest BCUT2D eigenvalue weighted by Gasteiger charge is -2.31. The van der Waals surface area contributed by atoms with Crippen LogP contribution < -0.4 is 15.9 Å². The van der Waals surface area contributed by atoms with Crippen LogP contribution in [0.3, 0.4) is 0 Å². The van der Waals surface area contributed by atoms with Gasteiger partial charge in [0.15, 0.2) is 6.29 Å². The summed E-state index contributed by atoms with van der Waals surface area (Å²) in [7, 11) is -1.80. The van der Waals surface area contributed by atoms with Crippen molar-refractivity contribution >= 4 is 23.2 Å². The van der Waals surface area contributed by atoms with Crippen LogP contribution in [-0.2, 0) is 9.47 Å². The van der Waals surface area contributed by atoms with Crippen molar-refractivity contribution in [2.75, 3.05) is 19.4 Å². The van der Waals surface area contributed by atoms with E-state index < -0.39 is 7.26 Å². The molecule has 0 N–H and O–H groups in total. The first-order valence-electron chi connectivity index (χ1n) is 16.3. The van der Waals surface area contributed by atoms with E-state index in [4.69, 9.17) is 9.47 Å². The van der Waals surface area contributed by atoms with E-state index in [0.717, 1.165) is 32.5 Å². The zero-order valence-corrected chi connectivity index (χ0v) is 27.6. The minimum absolute atomic E-state index is 0.0177. The van der Waals surface area contributed by atoms with Crippen LogP contribution in [0.1, 0.15) is 101 Å². The first kappa shape index (κ1) is 33.5. The van der Waals surface area contributed by atoms with Crippen molar-refractivity contribution in [1.29, 1.82) is 0 Å². The molecule has 3 aromatic carbocycles. The summed E-state index contributed by atoms with van der Waals surface area (Å²) < 4.78 is 12.1. The molecular formula is C38H56O2P+. The molecule has 0 amide bonds.